The van der Waals surface area contributed by atoms with Crippen LogP contribution in [0.1, 0.15) is 49.8 Å². The molecule has 4 heteroatoms. The molecule has 1 aromatic heterocycles. The summed E-state index contributed by atoms with van der Waals surface area (Å²) in [5.74, 6) is 1.11. The van der Waals surface area contributed by atoms with Crippen LogP contribution in [0.25, 0.3) is 0 Å². The van der Waals surface area contributed by atoms with E-state index in [1.807, 2.05) is 0 Å². The highest BCUT2D eigenvalue weighted by Gasteiger charge is 2.27. The van der Waals surface area contributed by atoms with Crippen molar-refractivity contribution < 1.29 is 4.74 Å². The van der Waals surface area contributed by atoms with Crippen LogP contribution in [0.3, 0.4) is 0 Å². The SMILES string of the molecule is CCCCN1CCC[C@H]1c1cnc(N2CCOCC2)cc1C. The first-order valence-corrected chi connectivity index (χ1v) is 8.83. The number of ether oxygens (including phenoxy) is 1. The third-order valence-corrected chi connectivity index (χ3v) is 4.99. The summed E-state index contributed by atoms with van der Waals surface area (Å²) in [7, 11) is 0. The molecule has 1 aromatic rings. The van der Waals surface area contributed by atoms with Crippen LogP contribution in [-0.4, -0.2) is 49.3 Å². The van der Waals surface area contributed by atoms with Gasteiger partial charge in [-0.15, -0.1) is 0 Å². The summed E-state index contributed by atoms with van der Waals surface area (Å²) in [6.45, 7) is 10.5. The van der Waals surface area contributed by atoms with E-state index < -0.39 is 0 Å². The molecule has 0 radical (unpaired) electrons. The lowest BCUT2D eigenvalue weighted by Gasteiger charge is -2.30. The van der Waals surface area contributed by atoms with Crippen molar-refractivity contribution in [1.82, 2.24) is 9.88 Å². The van der Waals surface area contributed by atoms with Gasteiger partial charge in [0.1, 0.15) is 5.82 Å². The van der Waals surface area contributed by atoms with Crippen molar-refractivity contribution in [2.45, 2.75) is 45.6 Å². The average molecular weight is 303 g/mol. The first kappa shape index (κ1) is 15.8. The number of morpholine rings is 1. The number of likely N-dealkylation sites (tertiary alicyclic amines) is 1. The Bertz CT molecular complexity index is 485. The minimum Gasteiger partial charge on any atom is -0.378 e. The van der Waals surface area contributed by atoms with E-state index in [4.69, 9.17) is 9.72 Å². The molecule has 0 N–H and O–H groups in total. The van der Waals surface area contributed by atoms with Gasteiger partial charge in [-0.2, -0.15) is 0 Å². The Morgan fingerprint density at radius 2 is 2.09 bits per heavy atom. The van der Waals surface area contributed by atoms with Gasteiger partial charge in [0.15, 0.2) is 0 Å². The lowest BCUT2D eigenvalue weighted by atomic mass is 10.0. The maximum atomic E-state index is 5.43. The number of rotatable bonds is 5. The van der Waals surface area contributed by atoms with E-state index in [2.05, 4.69) is 35.9 Å². The van der Waals surface area contributed by atoms with Crippen LogP contribution >= 0.6 is 0 Å². The highest BCUT2D eigenvalue weighted by Crippen LogP contribution is 2.34. The molecule has 0 saturated carbocycles. The minimum atomic E-state index is 0.581. The lowest BCUT2D eigenvalue weighted by Crippen LogP contribution is -2.36. The summed E-state index contributed by atoms with van der Waals surface area (Å²) >= 11 is 0. The molecule has 122 valence electrons. The summed E-state index contributed by atoms with van der Waals surface area (Å²) in [5.41, 5.74) is 2.83. The number of nitrogens with zero attached hydrogens (tertiary/aromatic N) is 3. The molecule has 0 aromatic carbocycles. The maximum absolute atomic E-state index is 5.43. The van der Waals surface area contributed by atoms with Gasteiger partial charge in [-0.25, -0.2) is 4.98 Å². The molecule has 2 aliphatic rings. The maximum Gasteiger partial charge on any atom is 0.128 e. The summed E-state index contributed by atoms with van der Waals surface area (Å²) in [6.07, 6.45) is 7.31. The molecule has 3 rings (SSSR count). The van der Waals surface area contributed by atoms with Gasteiger partial charge in [-0.05, 0) is 56.5 Å². The average Bonchev–Trinajstić information content (AvgIpc) is 3.02. The molecule has 0 aliphatic carbocycles. The van der Waals surface area contributed by atoms with E-state index in [9.17, 15) is 0 Å². The summed E-state index contributed by atoms with van der Waals surface area (Å²) in [4.78, 5) is 9.76. The third-order valence-electron chi connectivity index (χ3n) is 4.99. The van der Waals surface area contributed by atoms with E-state index in [1.165, 1.54) is 49.9 Å². The van der Waals surface area contributed by atoms with Gasteiger partial charge >= 0.3 is 0 Å². The smallest absolute Gasteiger partial charge is 0.128 e. The molecule has 2 aliphatic heterocycles. The summed E-state index contributed by atoms with van der Waals surface area (Å²) in [6, 6.07) is 2.86. The number of aromatic nitrogens is 1. The van der Waals surface area contributed by atoms with E-state index in [0.717, 1.165) is 32.1 Å². The number of anilines is 1. The van der Waals surface area contributed by atoms with Gasteiger partial charge in [-0.3, -0.25) is 4.90 Å². The fourth-order valence-corrected chi connectivity index (χ4v) is 3.67. The van der Waals surface area contributed by atoms with Gasteiger partial charge in [0.2, 0.25) is 0 Å². The molecular weight excluding hydrogens is 274 g/mol. The van der Waals surface area contributed by atoms with Crippen molar-refractivity contribution in [2.24, 2.45) is 0 Å². The van der Waals surface area contributed by atoms with Crippen LogP contribution in [0.5, 0.6) is 0 Å². The summed E-state index contributed by atoms with van der Waals surface area (Å²) < 4.78 is 5.43. The van der Waals surface area contributed by atoms with Crippen LogP contribution in [0.2, 0.25) is 0 Å². The quantitative estimate of drug-likeness (QED) is 0.835. The topological polar surface area (TPSA) is 28.6 Å². The fourth-order valence-electron chi connectivity index (χ4n) is 3.67. The monoisotopic (exact) mass is 303 g/mol. The molecule has 22 heavy (non-hydrogen) atoms. The van der Waals surface area contributed by atoms with Crippen molar-refractivity contribution in [3.05, 3.63) is 23.4 Å². The molecule has 4 nitrogen and oxygen atoms in total. The molecule has 1 atom stereocenters. The molecule has 3 heterocycles. The van der Waals surface area contributed by atoms with Crippen molar-refractivity contribution in [1.29, 1.82) is 0 Å². The Kier molecular flexibility index (Phi) is 5.32. The standard InChI is InChI=1S/C18H29N3O/c1-3-4-7-20-8-5-6-17(20)16-14-19-18(13-15(16)2)21-9-11-22-12-10-21/h13-14,17H,3-12H2,1-2H3/t17-/m0/s1. The van der Waals surface area contributed by atoms with Gasteiger partial charge in [0.05, 0.1) is 13.2 Å². The minimum absolute atomic E-state index is 0.581. The van der Waals surface area contributed by atoms with Gasteiger partial charge < -0.3 is 9.64 Å². The van der Waals surface area contributed by atoms with E-state index in [0.29, 0.717) is 6.04 Å². The van der Waals surface area contributed by atoms with Crippen LogP contribution in [0.4, 0.5) is 5.82 Å². The predicted octanol–water partition coefficient (Wildman–Crippen LogP) is 3.16. The molecule has 0 amide bonds. The van der Waals surface area contributed by atoms with Crippen molar-refractivity contribution in [3.8, 4) is 0 Å². The molecule has 0 spiro atoms. The second-order valence-corrected chi connectivity index (χ2v) is 6.55. The lowest BCUT2D eigenvalue weighted by molar-refractivity contribution is 0.122. The summed E-state index contributed by atoms with van der Waals surface area (Å²) in [5, 5.41) is 0. The predicted molar refractivity (Wildman–Crippen MR) is 90.5 cm³/mol. The molecule has 2 saturated heterocycles. The highest BCUT2D eigenvalue weighted by molar-refractivity contribution is 5.44. The van der Waals surface area contributed by atoms with Crippen molar-refractivity contribution in [3.63, 3.8) is 0 Å². The van der Waals surface area contributed by atoms with Gasteiger partial charge in [0.25, 0.3) is 0 Å². The molecule has 0 bridgehead atoms. The van der Waals surface area contributed by atoms with Crippen LogP contribution < -0.4 is 4.90 Å². The normalized spacial score (nSPS) is 23.2. The highest BCUT2D eigenvalue weighted by atomic mass is 16.5. The van der Waals surface area contributed by atoms with E-state index in [1.54, 1.807) is 0 Å². The van der Waals surface area contributed by atoms with E-state index in [-0.39, 0.29) is 0 Å². The number of pyridine rings is 1. The van der Waals surface area contributed by atoms with Gasteiger partial charge in [-0.1, -0.05) is 13.3 Å². The number of aryl methyl sites for hydroxylation is 1. The Morgan fingerprint density at radius 3 is 2.82 bits per heavy atom. The Hall–Kier alpha value is -1.13. The van der Waals surface area contributed by atoms with Crippen LogP contribution in [0.15, 0.2) is 12.3 Å². The van der Waals surface area contributed by atoms with Gasteiger partial charge in [0, 0.05) is 25.3 Å². The molecule has 2 fully saturated rings. The third kappa shape index (κ3) is 3.44. The molecular formula is C18H29N3O. The van der Waals surface area contributed by atoms with Crippen LogP contribution in [-0.2, 0) is 4.74 Å². The fraction of sp³-hybridized carbons (Fsp3) is 0.722. The zero-order valence-electron chi connectivity index (χ0n) is 14.1. The first-order valence-electron chi connectivity index (χ1n) is 8.83. The van der Waals surface area contributed by atoms with Crippen molar-refractivity contribution in [2.75, 3.05) is 44.3 Å². The number of unbranched alkanes of at least 4 members (excludes halogenated alkanes) is 1. The Balaban J connectivity index is 1.73. The largest absolute Gasteiger partial charge is 0.378 e. The Morgan fingerprint density at radius 1 is 1.27 bits per heavy atom. The van der Waals surface area contributed by atoms with Crippen molar-refractivity contribution >= 4 is 5.82 Å². The Labute approximate surface area is 134 Å². The second kappa shape index (κ2) is 7.42. The van der Waals surface area contributed by atoms with Crippen LogP contribution in [0, 0.1) is 6.92 Å². The second-order valence-electron chi connectivity index (χ2n) is 6.55. The number of hydrogen-bond acceptors (Lipinski definition) is 4. The zero-order valence-corrected chi connectivity index (χ0v) is 14.1. The zero-order chi connectivity index (χ0) is 15.4. The molecule has 0 unspecified atom stereocenters. The number of hydrogen-bond donors (Lipinski definition) is 0. The first-order chi connectivity index (χ1) is 10.8. The van der Waals surface area contributed by atoms with E-state index >= 15 is 0 Å².